The van der Waals surface area contributed by atoms with E-state index in [4.69, 9.17) is 9.47 Å². The lowest BCUT2D eigenvalue weighted by Crippen LogP contribution is -2.64. The fourth-order valence-electron chi connectivity index (χ4n) is 4.98. The van der Waals surface area contributed by atoms with Gasteiger partial charge in [-0.1, -0.05) is 19.1 Å². The third-order valence-corrected chi connectivity index (χ3v) is 7.20. The molecule has 0 radical (unpaired) electrons. The second-order valence-corrected chi connectivity index (χ2v) is 9.97. The minimum atomic E-state index is -1.19. The first-order valence-electron chi connectivity index (χ1n) is 12.8. The van der Waals surface area contributed by atoms with E-state index >= 15 is 0 Å². The van der Waals surface area contributed by atoms with Crippen molar-refractivity contribution in [1.29, 1.82) is 0 Å². The second-order valence-electron chi connectivity index (χ2n) is 9.97. The Balaban J connectivity index is 1.64. The Bertz CT molecular complexity index is 1100. The van der Waals surface area contributed by atoms with Crippen LogP contribution in [0, 0.1) is 5.92 Å². The number of nitrogens with zero attached hydrogens (tertiary/aromatic N) is 3. The van der Waals surface area contributed by atoms with Crippen LogP contribution >= 0.6 is 0 Å². The highest BCUT2D eigenvalue weighted by Gasteiger charge is 2.48. The summed E-state index contributed by atoms with van der Waals surface area (Å²) >= 11 is 0. The summed E-state index contributed by atoms with van der Waals surface area (Å²) in [6, 6.07) is 9.05. The molecule has 194 valence electrons. The number of hydrogen-bond donors (Lipinski definition) is 1. The van der Waals surface area contributed by atoms with Crippen molar-refractivity contribution >= 4 is 17.8 Å². The average Bonchev–Trinajstić information content (AvgIpc) is 3.28. The maximum absolute atomic E-state index is 13.8. The first-order chi connectivity index (χ1) is 17.2. The van der Waals surface area contributed by atoms with Gasteiger partial charge in [-0.25, -0.2) is 4.79 Å². The first kappa shape index (κ1) is 25.7. The molecule has 1 atom stereocenters. The third-order valence-electron chi connectivity index (χ3n) is 7.20. The predicted molar refractivity (Wildman–Crippen MR) is 134 cm³/mol. The van der Waals surface area contributed by atoms with E-state index in [-0.39, 0.29) is 48.9 Å². The van der Waals surface area contributed by atoms with E-state index in [9.17, 15) is 14.4 Å². The molecule has 1 aliphatic carbocycles. The molecule has 2 aliphatic rings. The molecule has 0 saturated heterocycles. The Labute approximate surface area is 212 Å². The average molecular weight is 497 g/mol. The summed E-state index contributed by atoms with van der Waals surface area (Å²) in [7, 11) is 0. The van der Waals surface area contributed by atoms with Gasteiger partial charge in [-0.3, -0.25) is 14.3 Å². The Hall–Kier alpha value is -3.36. The van der Waals surface area contributed by atoms with Gasteiger partial charge in [0, 0.05) is 18.7 Å². The van der Waals surface area contributed by atoms with Crippen molar-refractivity contribution < 1.29 is 23.9 Å². The van der Waals surface area contributed by atoms with Gasteiger partial charge in [-0.2, -0.15) is 5.10 Å². The van der Waals surface area contributed by atoms with Crippen LogP contribution in [0.1, 0.15) is 79.9 Å². The number of fused-ring (bicyclic) bond motifs is 1. The molecule has 1 saturated carbocycles. The van der Waals surface area contributed by atoms with Crippen LogP contribution in [-0.4, -0.2) is 57.3 Å². The van der Waals surface area contributed by atoms with E-state index in [0.717, 1.165) is 37.0 Å². The summed E-state index contributed by atoms with van der Waals surface area (Å²) in [4.78, 5) is 41.4. The molecule has 0 spiro atoms. The van der Waals surface area contributed by atoms with Crippen LogP contribution in [-0.2, 0) is 22.6 Å². The Morgan fingerprint density at radius 1 is 1.11 bits per heavy atom. The minimum absolute atomic E-state index is 0.0622. The molecular formula is C27H36N4O5. The fourth-order valence-corrected chi connectivity index (χ4v) is 4.98. The highest BCUT2D eigenvalue weighted by molar-refractivity contribution is 6.01. The zero-order valence-electron chi connectivity index (χ0n) is 21.6. The van der Waals surface area contributed by atoms with E-state index in [0.29, 0.717) is 12.5 Å². The molecule has 1 N–H and O–H groups in total. The number of amides is 2. The standard InChI is InChI=1S/C27H36N4O5/c1-5-35-21-13-9-19(10-14-21)16-30-24(32)23-15-22(25(33)36-6-2)29-31(23)17-27(30,4)26(34)28-20-11-7-18(3)8-12-20/h9-10,13-15,18,20H,5-8,11-12,16-17H2,1-4H3,(H,28,34). The van der Waals surface area contributed by atoms with Crippen LogP contribution in [0.2, 0.25) is 0 Å². The largest absolute Gasteiger partial charge is 0.494 e. The quantitative estimate of drug-likeness (QED) is 0.561. The Morgan fingerprint density at radius 3 is 2.44 bits per heavy atom. The molecule has 0 bridgehead atoms. The number of rotatable bonds is 8. The van der Waals surface area contributed by atoms with Crippen LogP contribution < -0.4 is 10.1 Å². The molecule has 2 heterocycles. The lowest BCUT2D eigenvalue weighted by Gasteiger charge is -2.44. The molecular weight excluding hydrogens is 460 g/mol. The summed E-state index contributed by atoms with van der Waals surface area (Å²) in [5.41, 5.74) is 0.00718. The van der Waals surface area contributed by atoms with Gasteiger partial charge < -0.3 is 19.7 Å². The highest BCUT2D eigenvalue weighted by atomic mass is 16.5. The van der Waals surface area contributed by atoms with Gasteiger partial charge >= 0.3 is 5.97 Å². The summed E-state index contributed by atoms with van der Waals surface area (Å²) < 4.78 is 12.1. The first-order valence-corrected chi connectivity index (χ1v) is 12.8. The minimum Gasteiger partial charge on any atom is -0.494 e. The lowest BCUT2D eigenvalue weighted by atomic mass is 9.86. The molecule has 36 heavy (non-hydrogen) atoms. The number of benzene rings is 1. The van der Waals surface area contributed by atoms with Crippen LogP contribution in [0.15, 0.2) is 30.3 Å². The number of esters is 1. The molecule has 1 unspecified atom stereocenters. The maximum atomic E-state index is 13.8. The molecule has 1 fully saturated rings. The summed E-state index contributed by atoms with van der Waals surface area (Å²) in [5, 5.41) is 7.53. The van der Waals surface area contributed by atoms with Gasteiger partial charge in [-0.15, -0.1) is 0 Å². The van der Waals surface area contributed by atoms with Gasteiger partial charge in [-0.05, 0) is 70.1 Å². The van der Waals surface area contributed by atoms with Crippen LogP contribution in [0.25, 0.3) is 0 Å². The molecule has 2 amide bonds. The van der Waals surface area contributed by atoms with E-state index in [1.807, 2.05) is 31.2 Å². The molecule has 1 aliphatic heterocycles. The van der Waals surface area contributed by atoms with Gasteiger partial charge in [0.2, 0.25) is 5.91 Å². The van der Waals surface area contributed by atoms with Crippen LogP contribution in [0.5, 0.6) is 5.75 Å². The van der Waals surface area contributed by atoms with Crippen LogP contribution in [0.3, 0.4) is 0 Å². The summed E-state index contributed by atoms with van der Waals surface area (Å²) in [6.07, 6.45) is 4.00. The van der Waals surface area contributed by atoms with Crippen molar-refractivity contribution in [3.05, 3.63) is 47.3 Å². The number of nitrogens with one attached hydrogen (secondary N) is 1. The number of hydrogen-bond acceptors (Lipinski definition) is 6. The van der Waals surface area contributed by atoms with E-state index < -0.39 is 11.5 Å². The number of ether oxygens (including phenoxy) is 2. The van der Waals surface area contributed by atoms with Gasteiger partial charge in [0.25, 0.3) is 5.91 Å². The zero-order chi connectivity index (χ0) is 25.9. The SMILES string of the molecule is CCOC(=O)c1cc2n(n1)CC(C)(C(=O)NC1CCC(C)CC1)N(Cc1ccc(OCC)cc1)C2=O. The Morgan fingerprint density at radius 2 is 1.81 bits per heavy atom. The van der Waals surface area contributed by atoms with Crippen molar-refractivity contribution in [1.82, 2.24) is 20.0 Å². The van der Waals surface area contributed by atoms with Crippen LogP contribution in [0.4, 0.5) is 0 Å². The third kappa shape index (κ3) is 5.24. The molecule has 1 aromatic heterocycles. The van der Waals surface area contributed by atoms with Crippen molar-refractivity contribution in [2.24, 2.45) is 5.92 Å². The maximum Gasteiger partial charge on any atom is 0.358 e. The molecule has 9 nitrogen and oxygen atoms in total. The van der Waals surface area contributed by atoms with Crippen molar-refractivity contribution in [2.45, 2.75) is 78.0 Å². The summed E-state index contributed by atoms with van der Waals surface area (Å²) in [6.45, 7) is 8.78. The van der Waals surface area contributed by atoms with Crippen molar-refractivity contribution in [2.75, 3.05) is 13.2 Å². The molecule has 2 aromatic rings. The Kier molecular flexibility index (Phi) is 7.66. The normalized spacial score (nSPS) is 23.7. The van der Waals surface area contributed by atoms with Crippen molar-refractivity contribution in [3.8, 4) is 5.75 Å². The number of carbonyl (C=O) groups is 3. The van der Waals surface area contributed by atoms with E-state index in [1.165, 1.54) is 10.7 Å². The summed E-state index contributed by atoms with van der Waals surface area (Å²) in [5.74, 6) is 0.255. The molecule has 9 heteroatoms. The predicted octanol–water partition coefficient (Wildman–Crippen LogP) is 3.57. The van der Waals surface area contributed by atoms with Gasteiger partial charge in [0.15, 0.2) is 5.69 Å². The smallest absolute Gasteiger partial charge is 0.358 e. The van der Waals surface area contributed by atoms with Crippen molar-refractivity contribution in [3.63, 3.8) is 0 Å². The monoisotopic (exact) mass is 496 g/mol. The molecule has 4 rings (SSSR count). The van der Waals surface area contributed by atoms with Gasteiger partial charge in [0.05, 0.1) is 19.8 Å². The topological polar surface area (TPSA) is 103 Å². The van der Waals surface area contributed by atoms with Gasteiger partial charge in [0.1, 0.15) is 17.0 Å². The zero-order valence-corrected chi connectivity index (χ0v) is 21.6. The second kappa shape index (κ2) is 10.7. The fraction of sp³-hybridized carbons (Fsp3) is 0.556. The van der Waals surface area contributed by atoms with E-state index in [1.54, 1.807) is 18.7 Å². The highest BCUT2D eigenvalue weighted by Crippen LogP contribution is 2.31. The molecule has 1 aromatic carbocycles. The number of carbonyl (C=O) groups excluding carboxylic acids is 3. The lowest BCUT2D eigenvalue weighted by molar-refractivity contribution is -0.134. The van der Waals surface area contributed by atoms with E-state index in [2.05, 4.69) is 17.3 Å². The number of aromatic nitrogens is 2.